The van der Waals surface area contributed by atoms with Gasteiger partial charge in [0.15, 0.2) is 0 Å². The van der Waals surface area contributed by atoms with Crippen molar-refractivity contribution >= 4 is 17.7 Å². The summed E-state index contributed by atoms with van der Waals surface area (Å²) >= 11 is 1.92. The van der Waals surface area contributed by atoms with E-state index in [4.69, 9.17) is 4.74 Å². The van der Waals surface area contributed by atoms with E-state index in [-0.39, 0.29) is 5.91 Å². The molecule has 1 heterocycles. The SMILES string of the molecule is COc1ccc(CC/C=C/C(=O)N2CCSCC2)cc1. The lowest BCUT2D eigenvalue weighted by atomic mass is 10.1. The topological polar surface area (TPSA) is 29.5 Å². The largest absolute Gasteiger partial charge is 0.497 e. The van der Waals surface area contributed by atoms with Crippen molar-refractivity contribution in [3.63, 3.8) is 0 Å². The molecule has 2 rings (SSSR count). The second kappa shape index (κ2) is 8.00. The van der Waals surface area contributed by atoms with Crippen LogP contribution in [0.2, 0.25) is 0 Å². The van der Waals surface area contributed by atoms with Crippen LogP contribution in [-0.2, 0) is 11.2 Å². The summed E-state index contributed by atoms with van der Waals surface area (Å²) in [5.74, 6) is 3.15. The van der Waals surface area contributed by atoms with Gasteiger partial charge in [0.25, 0.3) is 0 Å². The van der Waals surface area contributed by atoms with Gasteiger partial charge in [0.05, 0.1) is 7.11 Å². The summed E-state index contributed by atoms with van der Waals surface area (Å²) in [6, 6.07) is 8.07. The highest BCUT2D eigenvalue weighted by Gasteiger charge is 2.13. The molecule has 1 aliphatic rings. The number of allylic oxidation sites excluding steroid dienone is 1. The van der Waals surface area contributed by atoms with Gasteiger partial charge in [0.2, 0.25) is 5.91 Å². The molecule has 0 radical (unpaired) electrons. The number of benzene rings is 1. The van der Waals surface area contributed by atoms with Crippen molar-refractivity contribution in [2.75, 3.05) is 31.7 Å². The van der Waals surface area contributed by atoms with Crippen LogP contribution in [0.3, 0.4) is 0 Å². The first kappa shape index (κ1) is 15.0. The molecular weight excluding hydrogens is 270 g/mol. The summed E-state index contributed by atoms with van der Waals surface area (Å²) < 4.78 is 5.13. The van der Waals surface area contributed by atoms with Gasteiger partial charge >= 0.3 is 0 Å². The Morgan fingerprint density at radius 3 is 2.65 bits per heavy atom. The molecule has 1 amide bonds. The highest BCUT2D eigenvalue weighted by Crippen LogP contribution is 2.13. The molecule has 1 fully saturated rings. The van der Waals surface area contributed by atoms with Gasteiger partial charge in [-0.2, -0.15) is 11.8 Å². The Morgan fingerprint density at radius 2 is 2.00 bits per heavy atom. The average molecular weight is 291 g/mol. The number of hydrogen-bond donors (Lipinski definition) is 0. The zero-order valence-corrected chi connectivity index (χ0v) is 12.7. The number of methoxy groups -OCH3 is 1. The minimum absolute atomic E-state index is 0.153. The standard InChI is InChI=1S/C16H21NO2S/c1-19-15-8-6-14(7-9-15)4-2-3-5-16(18)17-10-12-20-13-11-17/h3,5-9H,2,4,10-13H2,1H3/b5-3+. The molecule has 0 N–H and O–H groups in total. The molecule has 108 valence electrons. The van der Waals surface area contributed by atoms with E-state index < -0.39 is 0 Å². The summed E-state index contributed by atoms with van der Waals surface area (Å²) in [5, 5.41) is 0. The molecule has 1 aromatic rings. The van der Waals surface area contributed by atoms with Crippen LogP contribution in [0.15, 0.2) is 36.4 Å². The molecule has 1 aliphatic heterocycles. The van der Waals surface area contributed by atoms with Gasteiger partial charge in [-0.15, -0.1) is 0 Å². The van der Waals surface area contributed by atoms with Crippen molar-refractivity contribution in [2.45, 2.75) is 12.8 Å². The highest BCUT2D eigenvalue weighted by atomic mass is 32.2. The van der Waals surface area contributed by atoms with E-state index in [0.717, 1.165) is 43.2 Å². The summed E-state index contributed by atoms with van der Waals surface area (Å²) in [5.41, 5.74) is 1.26. The van der Waals surface area contributed by atoms with E-state index in [1.54, 1.807) is 13.2 Å². The van der Waals surface area contributed by atoms with Gasteiger partial charge in [-0.3, -0.25) is 4.79 Å². The molecule has 20 heavy (non-hydrogen) atoms. The van der Waals surface area contributed by atoms with Crippen LogP contribution >= 0.6 is 11.8 Å². The van der Waals surface area contributed by atoms with Crippen molar-refractivity contribution in [2.24, 2.45) is 0 Å². The molecule has 0 saturated carbocycles. The fourth-order valence-electron chi connectivity index (χ4n) is 2.12. The number of carbonyl (C=O) groups is 1. The highest BCUT2D eigenvalue weighted by molar-refractivity contribution is 7.99. The second-order valence-corrected chi connectivity index (χ2v) is 5.95. The predicted molar refractivity (Wildman–Crippen MR) is 84.4 cm³/mol. The van der Waals surface area contributed by atoms with Gasteiger partial charge in [-0.1, -0.05) is 18.2 Å². The lowest BCUT2D eigenvalue weighted by Gasteiger charge is -2.25. The van der Waals surface area contributed by atoms with E-state index in [0.29, 0.717) is 0 Å². The predicted octanol–water partition coefficient (Wildman–Crippen LogP) is 2.76. The first-order valence-corrected chi connectivity index (χ1v) is 8.11. The summed E-state index contributed by atoms with van der Waals surface area (Å²) in [6.45, 7) is 1.76. The minimum Gasteiger partial charge on any atom is -0.497 e. The lowest BCUT2D eigenvalue weighted by Crippen LogP contribution is -2.36. The Balaban J connectivity index is 1.73. The Hall–Kier alpha value is -1.42. The van der Waals surface area contributed by atoms with Gasteiger partial charge in [0.1, 0.15) is 5.75 Å². The molecule has 0 atom stereocenters. The summed E-state index contributed by atoms with van der Waals surface area (Å²) in [4.78, 5) is 13.8. The van der Waals surface area contributed by atoms with E-state index >= 15 is 0 Å². The fraction of sp³-hybridized carbons (Fsp3) is 0.438. The first-order valence-electron chi connectivity index (χ1n) is 6.96. The summed E-state index contributed by atoms with van der Waals surface area (Å²) in [6.07, 6.45) is 5.54. The Bertz CT molecular complexity index is 450. The maximum Gasteiger partial charge on any atom is 0.246 e. The molecule has 1 saturated heterocycles. The Kier molecular flexibility index (Phi) is 5.99. The van der Waals surface area contributed by atoms with E-state index in [2.05, 4.69) is 12.1 Å². The molecular formula is C16H21NO2S. The van der Waals surface area contributed by atoms with E-state index in [9.17, 15) is 4.79 Å². The van der Waals surface area contributed by atoms with Gasteiger partial charge in [-0.25, -0.2) is 0 Å². The normalized spacial score (nSPS) is 15.6. The first-order chi connectivity index (χ1) is 9.79. The molecule has 4 heteroatoms. The molecule has 0 bridgehead atoms. The molecule has 0 unspecified atom stereocenters. The third-order valence-corrected chi connectivity index (χ3v) is 4.28. The maximum atomic E-state index is 11.9. The zero-order valence-electron chi connectivity index (χ0n) is 11.9. The monoisotopic (exact) mass is 291 g/mol. The van der Waals surface area contributed by atoms with Gasteiger partial charge in [0, 0.05) is 24.6 Å². The lowest BCUT2D eigenvalue weighted by molar-refractivity contribution is -0.125. The third-order valence-electron chi connectivity index (χ3n) is 3.34. The van der Waals surface area contributed by atoms with Gasteiger partial charge < -0.3 is 9.64 Å². The zero-order chi connectivity index (χ0) is 14.2. The van der Waals surface area contributed by atoms with Crippen LogP contribution in [-0.4, -0.2) is 42.5 Å². The minimum atomic E-state index is 0.153. The smallest absolute Gasteiger partial charge is 0.246 e. The number of thioether (sulfide) groups is 1. The number of hydrogen-bond acceptors (Lipinski definition) is 3. The fourth-order valence-corrected chi connectivity index (χ4v) is 3.02. The molecule has 3 nitrogen and oxygen atoms in total. The van der Waals surface area contributed by atoms with E-state index in [1.165, 1.54) is 5.56 Å². The quantitative estimate of drug-likeness (QED) is 0.781. The second-order valence-electron chi connectivity index (χ2n) is 4.73. The molecule has 1 aromatic carbocycles. The van der Waals surface area contributed by atoms with Crippen LogP contribution in [0.25, 0.3) is 0 Å². The number of nitrogens with zero attached hydrogens (tertiary/aromatic N) is 1. The van der Waals surface area contributed by atoms with Crippen LogP contribution < -0.4 is 4.74 Å². The van der Waals surface area contributed by atoms with Crippen LogP contribution in [0.5, 0.6) is 5.75 Å². The van der Waals surface area contributed by atoms with Crippen molar-refractivity contribution in [1.82, 2.24) is 4.90 Å². The number of rotatable bonds is 5. The van der Waals surface area contributed by atoms with Crippen LogP contribution in [0, 0.1) is 0 Å². The van der Waals surface area contributed by atoms with Crippen LogP contribution in [0.4, 0.5) is 0 Å². The number of ether oxygens (including phenoxy) is 1. The van der Waals surface area contributed by atoms with Gasteiger partial charge in [-0.05, 0) is 36.6 Å². The molecule has 0 aromatic heterocycles. The van der Waals surface area contributed by atoms with E-state index in [1.807, 2.05) is 34.9 Å². The van der Waals surface area contributed by atoms with Crippen molar-refractivity contribution in [1.29, 1.82) is 0 Å². The maximum absolute atomic E-state index is 11.9. The van der Waals surface area contributed by atoms with Crippen molar-refractivity contribution < 1.29 is 9.53 Å². The van der Waals surface area contributed by atoms with Crippen LogP contribution in [0.1, 0.15) is 12.0 Å². The number of carbonyl (C=O) groups excluding carboxylic acids is 1. The third kappa shape index (κ3) is 4.60. The Morgan fingerprint density at radius 1 is 1.30 bits per heavy atom. The average Bonchev–Trinajstić information content (AvgIpc) is 2.53. The van der Waals surface area contributed by atoms with Crippen molar-refractivity contribution in [3.8, 4) is 5.75 Å². The number of amides is 1. The van der Waals surface area contributed by atoms with Crippen molar-refractivity contribution in [3.05, 3.63) is 42.0 Å². The summed E-state index contributed by atoms with van der Waals surface area (Å²) in [7, 11) is 1.67. The Labute approximate surface area is 125 Å². The molecule has 0 aliphatic carbocycles. The number of aryl methyl sites for hydroxylation is 1. The molecule has 0 spiro atoms.